The Morgan fingerprint density at radius 1 is 1.03 bits per heavy atom. The first-order chi connectivity index (χ1) is 16.2. The van der Waals surface area contributed by atoms with E-state index in [0.717, 1.165) is 30.3 Å². The lowest BCUT2D eigenvalue weighted by molar-refractivity contribution is 0.0526. The number of hydrogen-bond donors (Lipinski definition) is 1. The number of pyridine rings is 2. The van der Waals surface area contributed by atoms with Crippen LogP contribution in [0.5, 0.6) is 0 Å². The van der Waals surface area contributed by atoms with Crippen LogP contribution >= 0.6 is 0 Å². The number of aromatic nitrogens is 2. The summed E-state index contributed by atoms with van der Waals surface area (Å²) in [6.45, 7) is 8.04. The van der Waals surface area contributed by atoms with Crippen LogP contribution in [-0.2, 0) is 16.0 Å². The van der Waals surface area contributed by atoms with Crippen LogP contribution in [0, 0.1) is 0 Å². The monoisotopic (exact) mass is 454 g/mol. The van der Waals surface area contributed by atoms with Gasteiger partial charge in [0.05, 0.1) is 25.4 Å². The number of nitrogens with zero attached hydrogens (tertiary/aromatic N) is 5. The minimum atomic E-state index is -0.372. The Hall–Kier alpha value is -3.40. The van der Waals surface area contributed by atoms with Gasteiger partial charge in [-0.05, 0) is 25.1 Å². The van der Waals surface area contributed by atoms with Gasteiger partial charge in [0.15, 0.2) is 0 Å². The summed E-state index contributed by atoms with van der Waals surface area (Å²) in [5.41, 5.74) is 1.43. The number of hydrogen-bond acceptors (Lipinski definition) is 8. The third-order valence-corrected chi connectivity index (χ3v) is 5.76. The maximum Gasteiger partial charge on any atom is 0.339 e. The minimum absolute atomic E-state index is 0.0861. The van der Waals surface area contributed by atoms with E-state index >= 15 is 0 Å². The Labute approximate surface area is 193 Å². The Kier molecular flexibility index (Phi) is 7.56. The van der Waals surface area contributed by atoms with E-state index in [1.165, 1.54) is 6.20 Å². The fraction of sp³-hybridized carbons (Fsp3) is 0.478. The van der Waals surface area contributed by atoms with E-state index in [1.807, 2.05) is 23.1 Å². The van der Waals surface area contributed by atoms with Crippen molar-refractivity contribution in [2.24, 2.45) is 0 Å². The topological polar surface area (TPSA) is 100 Å². The second-order valence-corrected chi connectivity index (χ2v) is 7.84. The van der Waals surface area contributed by atoms with Crippen LogP contribution in [0.25, 0.3) is 0 Å². The predicted octanol–water partition coefficient (Wildman–Crippen LogP) is 1.52. The van der Waals surface area contributed by atoms with E-state index in [9.17, 15) is 9.59 Å². The molecule has 0 radical (unpaired) electrons. The van der Waals surface area contributed by atoms with E-state index in [2.05, 4.69) is 25.1 Å². The van der Waals surface area contributed by atoms with E-state index < -0.39 is 0 Å². The smallest absolute Gasteiger partial charge is 0.339 e. The molecular weight excluding hydrogens is 424 g/mol. The highest BCUT2D eigenvalue weighted by molar-refractivity contribution is 5.89. The van der Waals surface area contributed by atoms with Crippen LogP contribution in [0.1, 0.15) is 22.8 Å². The van der Waals surface area contributed by atoms with Crippen molar-refractivity contribution < 1.29 is 19.1 Å². The van der Waals surface area contributed by atoms with Crippen molar-refractivity contribution in [3.05, 3.63) is 47.8 Å². The summed E-state index contributed by atoms with van der Waals surface area (Å²) in [6, 6.07) is 7.35. The number of carbonyl (C=O) groups excluding carboxylic acids is 2. The highest BCUT2D eigenvalue weighted by Gasteiger charge is 2.23. The molecule has 10 heteroatoms. The number of carbonyl (C=O) groups is 2. The number of esters is 1. The first-order valence-corrected chi connectivity index (χ1v) is 11.3. The zero-order chi connectivity index (χ0) is 23.0. The summed E-state index contributed by atoms with van der Waals surface area (Å²) < 4.78 is 10.4. The lowest BCUT2D eigenvalue weighted by atomic mass is 10.2. The second kappa shape index (κ2) is 11.0. The molecule has 0 aromatic carbocycles. The predicted molar refractivity (Wildman–Crippen MR) is 123 cm³/mol. The van der Waals surface area contributed by atoms with Gasteiger partial charge in [-0.2, -0.15) is 0 Å². The van der Waals surface area contributed by atoms with E-state index in [-0.39, 0.29) is 12.0 Å². The summed E-state index contributed by atoms with van der Waals surface area (Å²) in [4.78, 5) is 39.6. The largest absolute Gasteiger partial charge is 0.462 e. The molecule has 2 saturated heterocycles. The molecule has 2 amide bonds. The molecule has 0 unspecified atom stereocenters. The van der Waals surface area contributed by atoms with Crippen molar-refractivity contribution >= 4 is 23.6 Å². The Bertz CT molecular complexity index is 940. The summed E-state index contributed by atoms with van der Waals surface area (Å²) in [5, 5.41) is 3.04. The van der Waals surface area contributed by atoms with Gasteiger partial charge in [0.1, 0.15) is 11.6 Å². The fourth-order valence-corrected chi connectivity index (χ4v) is 3.96. The first-order valence-electron chi connectivity index (χ1n) is 11.3. The molecule has 2 aliphatic heterocycles. The van der Waals surface area contributed by atoms with Gasteiger partial charge in [-0.3, -0.25) is 0 Å². The number of piperazine rings is 1. The lowest BCUT2D eigenvalue weighted by Crippen LogP contribution is -2.52. The van der Waals surface area contributed by atoms with Gasteiger partial charge in [0.25, 0.3) is 0 Å². The molecule has 0 spiro atoms. The van der Waals surface area contributed by atoms with Crippen LogP contribution < -0.4 is 15.1 Å². The molecule has 0 aliphatic carbocycles. The Morgan fingerprint density at radius 2 is 1.82 bits per heavy atom. The van der Waals surface area contributed by atoms with E-state index in [1.54, 1.807) is 19.2 Å². The average Bonchev–Trinajstić information content (AvgIpc) is 2.88. The summed E-state index contributed by atoms with van der Waals surface area (Å²) in [5.74, 6) is 1.32. The number of amides is 2. The van der Waals surface area contributed by atoms with E-state index in [0.29, 0.717) is 58.1 Å². The SMILES string of the molecule is CCOC(=O)c1ccc(N2CCN(C(=O)NCc3cccnc3N3CCOCC3)CC2)nc1. The van der Waals surface area contributed by atoms with Gasteiger partial charge >= 0.3 is 12.0 Å². The zero-order valence-electron chi connectivity index (χ0n) is 18.9. The summed E-state index contributed by atoms with van der Waals surface area (Å²) >= 11 is 0. The molecule has 0 saturated carbocycles. The molecule has 33 heavy (non-hydrogen) atoms. The molecule has 2 fully saturated rings. The van der Waals surface area contributed by atoms with Gasteiger partial charge < -0.3 is 29.5 Å². The fourth-order valence-electron chi connectivity index (χ4n) is 3.96. The maximum atomic E-state index is 12.8. The molecule has 0 atom stereocenters. The third kappa shape index (κ3) is 5.70. The maximum absolute atomic E-state index is 12.8. The number of urea groups is 1. The molecule has 1 N–H and O–H groups in total. The molecule has 10 nitrogen and oxygen atoms in total. The summed E-state index contributed by atoms with van der Waals surface area (Å²) in [6.07, 6.45) is 3.31. The third-order valence-electron chi connectivity index (χ3n) is 5.76. The lowest BCUT2D eigenvalue weighted by Gasteiger charge is -2.35. The van der Waals surface area contributed by atoms with E-state index in [4.69, 9.17) is 9.47 Å². The second-order valence-electron chi connectivity index (χ2n) is 7.84. The Morgan fingerprint density at radius 3 is 2.52 bits per heavy atom. The number of morpholine rings is 1. The first kappa shape index (κ1) is 22.8. The molecule has 2 aromatic heterocycles. The zero-order valence-corrected chi connectivity index (χ0v) is 18.9. The van der Waals surface area contributed by atoms with Crippen molar-refractivity contribution in [3.8, 4) is 0 Å². The van der Waals surface area contributed by atoms with Crippen LogP contribution in [0.3, 0.4) is 0 Å². The molecule has 0 bridgehead atoms. The van der Waals surface area contributed by atoms with Crippen LogP contribution in [-0.4, -0.2) is 86.0 Å². The number of nitrogens with one attached hydrogen (secondary N) is 1. The average molecular weight is 455 g/mol. The van der Waals surface area contributed by atoms with Crippen molar-refractivity contribution in [1.82, 2.24) is 20.2 Å². The standard InChI is InChI=1S/C23H30N6O4/c1-2-33-22(30)19-5-6-20(25-17-19)27-8-10-29(11-9-27)23(31)26-16-18-4-3-7-24-21(18)28-12-14-32-15-13-28/h3-7,17H,2,8-16H2,1H3,(H,26,31). The molecule has 2 aliphatic rings. The number of anilines is 2. The van der Waals surface area contributed by atoms with Crippen molar-refractivity contribution in [3.63, 3.8) is 0 Å². The van der Waals surface area contributed by atoms with Crippen LogP contribution in [0.4, 0.5) is 16.4 Å². The van der Waals surface area contributed by atoms with Crippen molar-refractivity contribution in [2.75, 3.05) is 68.9 Å². The highest BCUT2D eigenvalue weighted by Crippen LogP contribution is 2.19. The van der Waals surface area contributed by atoms with Crippen molar-refractivity contribution in [1.29, 1.82) is 0 Å². The number of rotatable bonds is 6. The van der Waals surface area contributed by atoms with Gasteiger partial charge in [-0.15, -0.1) is 0 Å². The normalized spacial score (nSPS) is 16.5. The van der Waals surface area contributed by atoms with Gasteiger partial charge in [-0.1, -0.05) is 6.07 Å². The van der Waals surface area contributed by atoms with Crippen LogP contribution in [0.2, 0.25) is 0 Å². The molecule has 176 valence electrons. The molecule has 2 aromatic rings. The quantitative estimate of drug-likeness (QED) is 0.656. The molecule has 4 rings (SSSR count). The van der Waals surface area contributed by atoms with Gasteiger partial charge in [0, 0.05) is 63.8 Å². The molecule has 4 heterocycles. The molecular formula is C23H30N6O4. The summed E-state index contributed by atoms with van der Waals surface area (Å²) in [7, 11) is 0. The Balaban J connectivity index is 1.28. The minimum Gasteiger partial charge on any atom is -0.462 e. The van der Waals surface area contributed by atoms with Gasteiger partial charge in [-0.25, -0.2) is 19.6 Å². The van der Waals surface area contributed by atoms with Gasteiger partial charge in [0.2, 0.25) is 0 Å². The highest BCUT2D eigenvalue weighted by atomic mass is 16.5. The van der Waals surface area contributed by atoms with Crippen molar-refractivity contribution in [2.45, 2.75) is 13.5 Å². The number of ether oxygens (including phenoxy) is 2. The van der Waals surface area contributed by atoms with Crippen LogP contribution in [0.15, 0.2) is 36.7 Å².